The van der Waals surface area contributed by atoms with Crippen LogP contribution in [0, 0.1) is 5.92 Å². The van der Waals surface area contributed by atoms with Gasteiger partial charge in [0.1, 0.15) is 5.76 Å². The number of amides is 1. The highest BCUT2D eigenvalue weighted by Gasteiger charge is 2.30. The maximum absolute atomic E-state index is 12.2. The van der Waals surface area contributed by atoms with Gasteiger partial charge < -0.3 is 9.73 Å². The summed E-state index contributed by atoms with van der Waals surface area (Å²) in [5.41, 5.74) is 0. The molecule has 1 aliphatic rings. The van der Waals surface area contributed by atoms with Gasteiger partial charge in [-0.25, -0.2) is 0 Å². The number of carbonyl (C=O) groups excluding carboxylic acids is 1. The van der Waals surface area contributed by atoms with Crippen LogP contribution in [0.25, 0.3) is 0 Å². The molecule has 0 aliphatic carbocycles. The van der Waals surface area contributed by atoms with Gasteiger partial charge in [0, 0.05) is 0 Å². The van der Waals surface area contributed by atoms with Gasteiger partial charge in [-0.2, -0.15) is 0 Å². The number of rotatable bonds is 6. The fourth-order valence-corrected chi connectivity index (χ4v) is 2.52. The van der Waals surface area contributed by atoms with Crippen molar-refractivity contribution in [2.45, 2.75) is 45.7 Å². The highest BCUT2D eigenvalue weighted by Crippen LogP contribution is 2.18. The standard InChI is InChI=1S/C15H24N2O2/c1-12(2)7-9-17-8-3-6-14(17)15(18)16-11-13-5-4-10-19-13/h4-5,10,12,14H,3,6-9,11H2,1-2H3,(H,16,18)/t14-/m0/s1. The van der Waals surface area contributed by atoms with Gasteiger partial charge in [0.05, 0.1) is 18.8 Å². The molecule has 2 rings (SSSR count). The molecule has 1 N–H and O–H groups in total. The monoisotopic (exact) mass is 264 g/mol. The zero-order valence-electron chi connectivity index (χ0n) is 11.9. The minimum absolute atomic E-state index is 0.0497. The summed E-state index contributed by atoms with van der Waals surface area (Å²) in [6, 6.07) is 3.77. The second kappa shape index (κ2) is 6.75. The van der Waals surface area contributed by atoms with Crippen molar-refractivity contribution >= 4 is 5.91 Å². The molecule has 106 valence electrons. The Balaban J connectivity index is 1.80. The van der Waals surface area contributed by atoms with Crippen molar-refractivity contribution in [3.05, 3.63) is 24.2 Å². The van der Waals surface area contributed by atoms with E-state index in [1.165, 1.54) is 0 Å². The van der Waals surface area contributed by atoms with Crippen LogP contribution < -0.4 is 5.32 Å². The van der Waals surface area contributed by atoms with Gasteiger partial charge in [0.15, 0.2) is 0 Å². The summed E-state index contributed by atoms with van der Waals surface area (Å²) in [6.07, 6.45) is 4.88. The Kier molecular flexibility index (Phi) is 5.02. The van der Waals surface area contributed by atoms with Crippen LogP contribution in [0.15, 0.2) is 22.8 Å². The third kappa shape index (κ3) is 4.10. The van der Waals surface area contributed by atoms with Crippen molar-refractivity contribution in [3.8, 4) is 0 Å². The van der Waals surface area contributed by atoms with E-state index in [9.17, 15) is 4.79 Å². The van der Waals surface area contributed by atoms with Crippen molar-refractivity contribution < 1.29 is 9.21 Å². The molecule has 0 aromatic carbocycles. The van der Waals surface area contributed by atoms with Crippen molar-refractivity contribution in [1.82, 2.24) is 10.2 Å². The first-order chi connectivity index (χ1) is 9.16. The number of nitrogens with one attached hydrogen (secondary N) is 1. The van der Waals surface area contributed by atoms with Gasteiger partial charge >= 0.3 is 0 Å². The van der Waals surface area contributed by atoms with Crippen molar-refractivity contribution in [2.24, 2.45) is 5.92 Å². The van der Waals surface area contributed by atoms with Crippen LogP contribution in [0.1, 0.15) is 38.9 Å². The summed E-state index contributed by atoms with van der Waals surface area (Å²) in [6.45, 7) is 7.01. The molecule has 0 spiro atoms. The Hall–Kier alpha value is -1.29. The van der Waals surface area contributed by atoms with Crippen LogP contribution >= 0.6 is 0 Å². The largest absolute Gasteiger partial charge is 0.467 e. The molecular weight excluding hydrogens is 240 g/mol. The molecule has 2 heterocycles. The van der Waals surface area contributed by atoms with E-state index in [4.69, 9.17) is 4.42 Å². The fraction of sp³-hybridized carbons (Fsp3) is 0.667. The van der Waals surface area contributed by atoms with E-state index >= 15 is 0 Å². The Bertz CT molecular complexity index is 387. The number of carbonyl (C=O) groups is 1. The third-order valence-electron chi connectivity index (χ3n) is 3.68. The molecule has 1 aromatic heterocycles. The van der Waals surface area contributed by atoms with E-state index in [0.29, 0.717) is 12.5 Å². The lowest BCUT2D eigenvalue weighted by Gasteiger charge is -2.24. The Morgan fingerprint density at radius 2 is 2.42 bits per heavy atom. The summed E-state index contributed by atoms with van der Waals surface area (Å²) in [7, 11) is 0. The molecule has 1 amide bonds. The minimum atomic E-state index is 0.0497. The van der Waals surface area contributed by atoms with Crippen LogP contribution in [0.2, 0.25) is 0 Å². The average Bonchev–Trinajstić information content (AvgIpc) is 3.04. The predicted molar refractivity (Wildman–Crippen MR) is 74.6 cm³/mol. The number of nitrogens with zero attached hydrogens (tertiary/aromatic N) is 1. The van der Waals surface area contributed by atoms with Crippen LogP contribution in [-0.2, 0) is 11.3 Å². The molecule has 0 radical (unpaired) electrons. The first kappa shape index (κ1) is 14.1. The topological polar surface area (TPSA) is 45.5 Å². The van der Waals surface area contributed by atoms with Crippen LogP contribution in [0.4, 0.5) is 0 Å². The van der Waals surface area contributed by atoms with Gasteiger partial charge in [-0.3, -0.25) is 9.69 Å². The summed E-state index contributed by atoms with van der Waals surface area (Å²) >= 11 is 0. The molecule has 4 heteroatoms. The average molecular weight is 264 g/mol. The van der Waals surface area contributed by atoms with Gasteiger partial charge in [-0.15, -0.1) is 0 Å². The summed E-state index contributed by atoms with van der Waals surface area (Å²) in [5.74, 6) is 1.63. The highest BCUT2D eigenvalue weighted by atomic mass is 16.3. The van der Waals surface area contributed by atoms with Gasteiger partial charge in [-0.05, 0) is 50.4 Å². The first-order valence-electron chi connectivity index (χ1n) is 7.21. The zero-order chi connectivity index (χ0) is 13.7. The molecule has 1 aromatic rings. The number of hydrogen-bond donors (Lipinski definition) is 1. The van der Waals surface area contributed by atoms with Crippen molar-refractivity contribution in [3.63, 3.8) is 0 Å². The van der Waals surface area contributed by atoms with Crippen molar-refractivity contribution in [1.29, 1.82) is 0 Å². The molecule has 0 saturated carbocycles. The summed E-state index contributed by atoms with van der Waals surface area (Å²) in [4.78, 5) is 14.5. The van der Waals surface area contributed by atoms with Gasteiger partial charge in [0.2, 0.25) is 5.91 Å². The number of hydrogen-bond acceptors (Lipinski definition) is 3. The number of furan rings is 1. The molecular formula is C15H24N2O2. The normalized spacial score (nSPS) is 20.1. The lowest BCUT2D eigenvalue weighted by Crippen LogP contribution is -2.43. The zero-order valence-corrected chi connectivity index (χ0v) is 11.9. The predicted octanol–water partition coefficient (Wildman–Crippen LogP) is 2.41. The van der Waals surface area contributed by atoms with Gasteiger partial charge in [-0.1, -0.05) is 13.8 Å². The second-order valence-corrected chi connectivity index (χ2v) is 5.67. The van der Waals surface area contributed by atoms with E-state index in [2.05, 4.69) is 24.1 Å². The minimum Gasteiger partial charge on any atom is -0.467 e. The number of likely N-dealkylation sites (tertiary alicyclic amines) is 1. The molecule has 1 atom stereocenters. The molecule has 19 heavy (non-hydrogen) atoms. The van der Waals surface area contributed by atoms with Crippen LogP contribution in [0.5, 0.6) is 0 Å². The Morgan fingerprint density at radius 3 is 3.11 bits per heavy atom. The summed E-state index contributed by atoms with van der Waals surface area (Å²) < 4.78 is 5.22. The lowest BCUT2D eigenvalue weighted by molar-refractivity contribution is -0.125. The fourth-order valence-electron chi connectivity index (χ4n) is 2.52. The molecule has 0 bridgehead atoms. The van der Waals surface area contributed by atoms with E-state index in [0.717, 1.165) is 38.1 Å². The molecule has 4 nitrogen and oxygen atoms in total. The molecule has 1 aliphatic heterocycles. The van der Waals surface area contributed by atoms with E-state index < -0.39 is 0 Å². The molecule has 1 fully saturated rings. The molecule has 0 unspecified atom stereocenters. The smallest absolute Gasteiger partial charge is 0.237 e. The quantitative estimate of drug-likeness (QED) is 0.858. The van der Waals surface area contributed by atoms with Gasteiger partial charge in [0.25, 0.3) is 0 Å². The van der Waals surface area contributed by atoms with Crippen LogP contribution in [-0.4, -0.2) is 29.9 Å². The Morgan fingerprint density at radius 1 is 1.58 bits per heavy atom. The SMILES string of the molecule is CC(C)CCN1CCC[C@H]1C(=O)NCc1ccco1. The highest BCUT2D eigenvalue weighted by molar-refractivity contribution is 5.81. The van der Waals surface area contributed by atoms with Crippen molar-refractivity contribution in [2.75, 3.05) is 13.1 Å². The maximum atomic E-state index is 12.2. The lowest BCUT2D eigenvalue weighted by atomic mass is 10.1. The van der Waals surface area contributed by atoms with Crippen LogP contribution in [0.3, 0.4) is 0 Å². The Labute approximate surface area is 115 Å². The summed E-state index contributed by atoms with van der Waals surface area (Å²) in [5, 5.41) is 2.97. The first-order valence-corrected chi connectivity index (χ1v) is 7.21. The van der Waals surface area contributed by atoms with E-state index in [1.54, 1.807) is 6.26 Å². The van der Waals surface area contributed by atoms with E-state index in [1.807, 2.05) is 12.1 Å². The maximum Gasteiger partial charge on any atom is 0.237 e. The third-order valence-corrected chi connectivity index (χ3v) is 3.68. The second-order valence-electron chi connectivity index (χ2n) is 5.67. The molecule has 1 saturated heterocycles. The van der Waals surface area contributed by atoms with E-state index in [-0.39, 0.29) is 11.9 Å².